The number of benzene rings is 6. The Kier molecular flexibility index (Phi) is 99.0. The molecule has 109 heavy (non-hydrogen) atoms. The average Bonchev–Trinajstić information content (AvgIpc) is 1.75. The number of likely N-dealkylation sites (tertiary alicyclic amines) is 1. The predicted octanol–water partition coefficient (Wildman–Crippen LogP) is 7.24. The van der Waals surface area contributed by atoms with Crippen molar-refractivity contribution < 1.29 is 50.7 Å². The molecule has 0 unspecified atom stereocenters. The van der Waals surface area contributed by atoms with Crippen LogP contribution in [0.2, 0.25) is 0 Å². The van der Waals surface area contributed by atoms with Gasteiger partial charge in [0.2, 0.25) is 0 Å². The maximum atomic E-state index is 13.8. The van der Waals surface area contributed by atoms with Crippen LogP contribution in [0.25, 0.3) is 66.4 Å². The fourth-order valence-electron chi connectivity index (χ4n) is 11.3. The van der Waals surface area contributed by atoms with Crippen LogP contribution in [0.5, 0.6) is 0 Å². The molecule has 6 N–H and O–H groups in total. The molecule has 0 bridgehead atoms. The van der Waals surface area contributed by atoms with Gasteiger partial charge in [-0.2, -0.15) is 0 Å². The second kappa shape index (κ2) is 81.6. The van der Waals surface area contributed by atoms with Crippen molar-refractivity contribution in [2.45, 2.75) is 70.1 Å². The van der Waals surface area contributed by atoms with E-state index in [-0.39, 0.29) is 91.3 Å². The number of fused-ring (bicyclic) bond motifs is 2. The van der Waals surface area contributed by atoms with Crippen LogP contribution in [0.3, 0.4) is 0 Å². The molecule has 4 aliphatic rings. The first-order chi connectivity index (χ1) is 52.1. The molecule has 2 aliphatic carbocycles. The Morgan fingerprint density at radius 2 is 0.789 bits per heavy atom. The summed E-state index contributed by atoms with van der Waals surface area (Å²) in [6, 6.07) is 45.6. The molecule has 4 fully saturated rings. The zero-order valence-electron chi connectivity index (χ0n) is 67.5. The monoisotopic (exact) mass is 2000 g/mol. The third-order valence-electron chi connectivity index (χ3n) is 16.5. The molecule has 10 aromatic rings. The number of carboxylic acids is 1. The number of alkyl halides is 2. The normalized spacial score (nSPS) is 14.9. The van der Waals surface area contributed by atoms with Crippen LogP contribution in [0.4, 0.5) is 29.2 Å². The fourth-order valence-corrected chi connectivity index (χ4v) is 11.3. The van der Waals surface area contributed by atoms with Gasteiger partial charge in [0.25, 0.3) is 5.91 Å². The topological polar surface area (TPSA) is 208 Å². The number of aromatic carboxylic acids is 1. The summed E-state index contributed by atoms with van der Waals surface area (Å²) in [6.07, 6.45) is 5.34. The third-order valence-corrected chi connectivity index (χ3v) is 16.5. The van der Waals surface area contributed by atoms with Gasteiger partial charge in [-0.05, 0) is 166 Å². The number of nitrogen functional groups attached to an aromatic ring is 2. The molecular formula is C71H65ClF4K20N6O7. The Morgan fingerprint density at radius 1 is 0.459 bits per heavy atom. The zero-order chi connectivity index (χ0) is 80.5. The van der Waals surface area contributed by atoms with E-state index in [9.17, 15) is 41.8 Å². The van der Waals surface area contributed by atoms with Gasteiger partial charge in [-0.25, -0.2) is 32.3 Å². The summed E-state index contributed by atoms with van der Waals surface area (Å²) >= 11 is 25.0. The summed E-state index contributed by atoms with van der Waals surface area (Å²) in [5, 5.41) is 13.7. The average molecular weight is 2010 g/mol. The van der Waals surface area contributed by atoms with Gasteiger partial charge in [-0.15, -0.1) is 12.4 Å². The van der Waals surface area contributed by atoms with Crippen molar-refractivity contribution in [3.8, 4) is 44.5 Å². The Labute approximate surface area is 1100 Å². The summed E-state index contributed by atoms with van der Waals surface area (Å²) in [5.41, 5.74) is 22.2. The number of anilines is 2. The van der Waals surface area contributed by atoms with E-state index in [1.165, 1.54) is 661 Å². The van der Waals surface area contributed by atoms with Crippen molar-refractivity contribution in [1.82, 2.24) is 20.2 Å². The number of pyridine rings is 2. The Hall–Kier alpha value is 23.3. The van der Waals surface area contributed by atoms with Crippen molar-refractivity contribution in [3.05, 3.63) is 216 Å². The summed E-state index contributed by atoms with van der Waals surface area (Å²) in [6.45, 7) is 1.40. The molecule has 13 nitrogen and oxygen atoms in total. The van der Waals surface area contributed by atoms with E-state index in [2.05, 4.69) is 15.3 Å². The predicted molar refractivity (Wildman–Crippen MR) is 454 cm³/mol. The van der Waals surface area contributed by atoms with Gasteiger partial charge in [0.1, 0.15) is 69.9 Å². The molecule has 1 amide bonds. The van der Waals surface area contributed by atoms with Crippen LogP contribution in [0.1, 0.15) is 88.3 Å². The Morgan fingerprint density at radius 3 is 1.08 bits per heavy atom. The number of hydrogen-bond acceptors (Lipinski definition) is 11. The molecule has 6 heterocycles. The zero-order valence-corrected chi connectivity index (χ0v) is 131. The summed E-state index contributed by atoms with van der Waals surface area (Å²) < 4.78 is 64.7. The minimum absolute atomic E-state index is 0. The number of furan rings is 2. The number of aryl methyl sites for hydroxylation is 2. The SMILES string of the molecule is C.Cl.FC1CNC1.Nc1ccc([C@H]2C[C@@H]2C(=O)CCc2cc3cc(-c4ccc(C(=O)N5CC(F)C5)cc4)cc(-c4ccc(F)cc4)c3o2)cn1.Nc1ccc([C@H]2C[C@@H]2C(=O)CCc2cc3cc(-c4ccc(C(=O)O)cc4)cc(-c4ccc(F)cc4)c3o2)cn1.[K][K].[K][K].[K][K].[K][K].[K][K].[K][K].[K][K].[K][K].[K][K].[K][K]. The molecule has 6 aromatic carbocycles. The van der Waals surface area contributed by atoms with E-state index in [0.717, 1.165) is 79.2 Å². The second-order valence-corrected chi connectivity index (χ2v) is 22.7. The van der Waals surface area contributed by atoms with Crippen LogP contribution in [-0.2, 0) is 22.4 Å². The van der Waals surface area contributed by atoms with Gasteiger partial charge in [0.05, 0.1) is 18.7 Å². The van der Waals surface area contributed by atoms with Crippen molar-refractivity contribution >= 4 is 701 Å². The molecule has 2 saturated carbocycles. The number of rotatable bonds is 16. The van der Waals surface area contributed by atoms with Gasteiger partial charge in [-0.3, -0.25) is 14.4 Å². The van der Waals surface area contributed by atoms with Crippen LogP contribution in [0.15, 0.2) is 179 Å². The number of aromatic nitrogens is 2. The van der Waals surface area contributed by atoms with Crippen molar-refractivity contribution in [2.75, 3.05) is 37.6 Å². The van der Waals surface area contributed by atoms with E-state index in [0.29, 0.717) is 78.7 Å². The number of carbonyl (C=O) groups excluding carboxylic acids is 3. The molecular weight excluding hydrogens is 1940 g/mol. The van der Waals surface area contributed by atoms with E-state index in [1.54, 1.807) is 85.2 Å². The second-order valence-electron chi connectivity index (χ2n) is 22.7. The molecule has 0 radical (unpaired) electrons. The molecule has 4 aromatic heterocycles. The Bertz CT molecular complexity index is 4250. The van der Waals surface area contributed by atoms with Crippen molar-refractivity contribution in [3.63, 3.8) is 0 Å². The number of hydrogen-bond donors (Lipinski definition) is 4. The summed E-state index contributed by atoms with van der Waals surface area (Å²) in [7, 11) is 0. The quantitative estimate of drug-likeness (QED) is 0.0558. The number of ketones is 2. The van der Waals surface area contributed by atoms with Crippen LogP contribution >= 0.6 is 12.4 Å². The number of nitrogens with two attached hydrogens (primary N) is 2. The molecule has 4 atom stereocenters. The van der Waals surface area contributed by atoms with Gasteiger partial charge in [0, 0.05) is 90.5 Å². The number of Topliss-reactive ketones (excluding diaryl/α,β-unsaturated/α-hetero) is 2. The number of nitrogens with one attached hydrogen (secondary N) is 1. The number of carbonyl (C=O) groups is 4. The number of halogens is 5. The molecule has 38 heteroatoms. The van der Waals surface area contributed by atoms with Crippen LogP contribution in [0, 0.1) is 23.5 Å². The van der Waals surface area contributed by atoms with Gasteiger partial charge in [0.15, 0.2) is 0 Å². The van der Waals surface area contributed by atoms with E-state index >= 15 is 0 Å². The molecule has 2 saturated heterocycles. The third kappa shape index (κ3) is 49.2. The van der Waals surface area contributed by atoms with Crippen LogP contribution < -0.4 is 16.8 Å². The molecule has 0 spiro atoms. The fraction of sp³-hybridized carbons (Fsp3) is 0.239. The van der Waals surface area contributed by atoms with Crippen molar-refractivity contribution in [1.29, 1.82) is 0 Å². The summed E-state index contributed by atoms with van der Waals surface area (Å²) in [4.78, 5) is 59.6. The Balaban J connectivity index is 0.00000163. The van der Waals surface area contributed by atoms with Crippen LogP contribution in [-0.4, -0.2) is 713 Å². The molecule has 14 rings (SSSR count). The first-order valence-electron chi connectivity index (χ1n) is 38.9. The van der Waals surface area contributed by atoms with Gasteiger partial charge < -0.3 is 35.6 Å². The summed E-state index contributed by atoms with van der Waals surface area (Å²) in [5.74, 6) is 1.29. The standard InChI is InChI=1S/C35H29F2N3O3.C32H25FN2O4.C3H6FN.CH4.ClH.20K/c36-26-8-5-21(6-9-26)30-15-24(20-1-3-22(4-2-20)35(42)40-18-27(37)19-40)13-25-14-28(43-34(25)30)10-11-32(41)31-16-29(31)23-7-12-33(38)39-17-23;33-24-8-5-19(6-9-24)27-15-22(18-1-3-20(4-2-18)32(37)38)13-23-14-25(39-31(23)27)10-11-29(36)28-16-26(28)21-7-12-30(34)35-17-21;4-3-1-5-2-3;;;;;;;;;;;;;;;;;;;;;;/h1-9,12-15,17,27,29,31H,10-11,16,18-19H2,(H2,38,39);1-9,12-15,17,26,28H,10-11,16H2,(H2,34,35)(H,37,38);3,5H,1-2H2;1H4;1H;;;;;;;;;;;;;;;;;;;;/t29-,31+;26-,28+;;;;;;;;;;;;;;;;;;;;;;;/m11......................./s1. The van der Waals surface area contributed by atoms with E-state index in [4.69, 9.17) is 20.3 Å². The number of amides is 1. The van der Waals surface area contributed by atoms with Crippen molar-refractivity contribution in [2.24, 2.45) is 11.8 Å². The first kappa shape index (κ1) is 132. The molecule has 476 valence electrons. The molecule has 2 aliphatic heterocycles. The van der Waals surface area contributed by atoms with Gasteiger partial charge >= 0.3 is 638 Å². The van der Waals surface area contributed by atoms with E-state index < -0.39 is 18.3 Å². The number of carboxylic acid groups (broad SMARTS) is 1. The first-order valence-corrected chi connectivity index (χ1v) is 199. The maximum absolute atomic E-state index is 13.8. The van der Waals surface area contributed by atoms with Gasteiger partial charge in [-0.1, -0.05) is 68.1 Å². The minimum atomic E-state index is -0.985. The van der Waals surface area contributed by atoms with E-state index in [1.807, 2.05) is 60.7 Å². The number of nitrogens with zero attached hydrogens (tertiary/aromatic N) is 3.